The molecule has 0 amide bonds. The normalized spacial score (nSPS) is 18.4. The van der Waals surface area contributed by atoms with Gasteiger partial charge in [-0.25, -0.2) is 14.6 Å². The zero-order chi connectivity index (χ0) is 23.7. The minimum Gasteiger partial charge on any atom is -0.464 e. The number of ether oxygens (including phenoxy) is 2. The van der Waals surface area contributed by atoms with Gasteiger partial charge in [0.05, 0.1) is 12.5 Å². The highest BCUT2D eigenvalue weighted by atomic mass is 16.6. The second-order valence-electron chi connectivity index (χ2n) is 8.21. The Morgan fingerprint density at radius 3 is 2.32 bits per heavy atom. The summed E-state index contributed by atoms with van der Waals surface area (Å²) >= 11 is 0. The van der Waals surface area contributed by atoms with Crippen molar-refractivity contribution in [2.24, 2.45) is 4.99 Å². The molecule has 1 aliphatic heterocycles. The second-order valence-corrected chi connectivity index (χ2v) is 8.21. The molecule has 170 valence electrons. The number of hydrogen-bond acceptors (Lipinski definition) is 5. The highest BCUT2D eigenvalue weighted by Crippen LogP contribution is 2.44. The van der Waals surface area contributed by atoms with Gasteiger partial charge in [0.2, 0.25) is 5.90 Å². The fourth-order valence-electron chi connectivity index (χ4n) is 4.62. The van der Waals surface area contributed by atoms with Gasteiger partial charge in [0.1, 0.15) is 0 Å². The molecule has 34 heavy (non-hydrogen) atoms. The minimum atomic E-state index is -1.94. The fraction of sp³-hybridized carbons (Fsp3) is 0.179. The van der Waals surface area contributed by atoms with E-state index in [0.29, 0.717) is 5.56 Å². The zero-order valence-corrected chi connectivity index (χ0v) is 18.9. The molecule has 0 aliphatic carbocycles. The van der Waals surface area contributed by atoms with Crippen LogP contribution in [0.5, 0.6) is 0 Å². The lowest BCUT2D eigenvalue weighted by Crippen LogP contribution is -2.50. The predicted octanol–water partition coefficient (Wildman–Crippen LogP) is 4.91. The lowest BCUT2D eigenvalue weighted by atomic mass is 9.76. The van der Waals surface area contributed by atoms with Gasteiger partial charge in [0.15, 0.2) is 0 Å². The van der Waals surface area contributed by atoms with E-state index in [4.69, 9.17) is 14.5 Å². The molecule has 0 unspecified atom stereocenters. The van der Waals surface area contributed by atoms with Crippen molar-refractivity contribution < 1.29 is 19.1 Å². The third kappa shape index (κ3) is 3.39. The summed E-state index contributed by atoms with van der Waals surface area (Å²) in [6, 6.07) is 26.4. The van der Waals surface area contributed by atoms with E-state index in [1.54, 1.807) is 19.1 Å². The molecule has 1 N–H and O–H groups in total. The monoisotopic (exact) mass is 452 g/mol. The van der Waals surface area contributed by atoms with Gasteiger partial charge in [-0.15, -0.1) is 0 Å². The van der Waals surface area contributed by atoms with E-state index >= 15 is 0 Å². The molecule has 6 nitrogen and oxygen atoms in total. The Morgan fingerprint density at radius 2 is 1.65 bits per heavy atom. The average Bonchev–Trinajstić information content (AvgIpc) is 3.39. The molecule has 0 saturated carbocycles. The summed E-state index contributed by atoms with van der Waals surface area (Å²) in [5.41, 5.74) is 1.99. The van der Waals surface area contributed by atoms with Crippen LogP contribution in [-0.4, -0.2) is 35.0 Å². The van der Waals surface area contributed by atoms with E-state index in [2.05, 4.69) is 4.98 Å². The Balaban J connectivity index is 1.80. The van der Waals surface area contributed by atoms with Crippen LogP contribution in [0.3, 0.4) is 0 Å². The van der Waals surface area contributed by atoms with Gasteiger partial charge in [0.25, 0.3) is 5.54 Å². The van der Waals surface area contributed by atoms with Gasteiger partial charge >= 0.3 is 11.9 Å². The van der Waals surface area contributed by atoms with Crippen molar-refractivity contribution in [2.75, 3.05) is 6.61 Å². The molecule has 0 spiro atoms. The van der Waals surface area contributed by atoms with Crippen LogP contribution in [0.15, 0.2) is 89.9 Å². The second kappa shape index (κ2) is 8.63. The first-order valence-electron chi connectivity index (χ1n) is 11.2. The van der Waals surface area contributed by atoms with Crippen molar-refractivity contribution in [2.45, 2.75) is 25.3 Å². The molecular formula is C28H24N2O4. The molecule has 5 rings (SSSR count). The third-order valence-corrected chi connectivity index (χ3v) is 6.23. The maximum absolute atomic E-state index is 13.7. The highest BCUT2D eigenvalue weighted by Gasteiger charge is 2.61. The number of nitrogens with one attached hydrogen (secondary N) is 1. The first kappa shape index (κ1) is 21.6. The topological polar surface area (TPSA) is 80.8 Å². The maximum atomic E-state index is 13.7. The number of carbonyl (C=O) groups excluding carboxylic acids is 2. The Labute approximate surface area is 197 Å². The van der Waals surface area contributed by atoms with Crippen LogP contribution in [0.4, 0.5) is 0 Å². The standard InChI is InChI=1S/C28H24N2O4/c1-3-33-26(31)28(27(32)34-25(30-28)20-14-8-5-9-15-20)23(19-12-6-4-7-13-19)24-18(2)21-16-10-11-17-22(21)29-24/h4-17,23,29H,3H2,1-2H3/t23-,28+/m1/s1. The van der Waals surface area contributed by atoms with Crippen molar-refractivity contribution >= 4 is 28.7 Å². The lowest BCUT2D eigenvalue weighted by Gasteiger charge is -2.30. The Kier molecular flexibility index (Phi) is 5.49. The maximum Gasteiger partial charge on any atom is 0.353 e. The zero-order valence-electron chi connectivity index (χ0n) is 18.9. The first-order chi connectivity index (χ1) is 16.6. The number of aromatic amines is 1. The third-order valence-electron chi connectivity index (χ3n) is 6.23. The molecule has 0 radical (unpaired) electrons. The quantitative estimate of drug-likeness (QED) is 0.333. The van der Waals surface area contributed by atoms with Gasteiger partial charge in [-0.1, -0.05) is 66.7 Å². The van der Waals surface area contributed by atoms with Crippen LogP contribution in [0.25, 0.3) is 10.9 Å². The lowest BCUT2D eigenvalue weighted by molar-refractivity contribution is -0.158. The van der Waals surface area contributed by atoms with E-state index in [-0.39, 0.29) is 12.5 Å². The largest absolute Gasteiger partial charge is 0.464 e. The highest BCUT2D eigenvalue weighted by molar-refractivity contribution is 6.18. The molecule has 4 aromatic rings. The fourth-order valence-corrected chi connectivity index (χ4v) is 4.62. The van der Waals surface area contributed by atoms with Crippen molar-refractivity contribution in [3.8, 4) is 0 Å². The van der Waals surface area contributed by atoms with E-state index < -0.39 is 23.4 Å². The molecule has 0 bridgehead atoms. The molecule has 0 fully saturated rings. The van der Waals surface area contributed by atoms with Crippen LogP contribution >= 0.6 is 0 Å². The van der Waals surface area contributed by atoms with E-state index in [1.807, 2.05) is 79.7 Å². The molecule has 6 heteroatoms. The summed E-state index contributed by atoms with van der Waals surface area (Å²) in [6.07, 6.45) is 0. The number of benzene rings is 3. The summed E-state index contributed by atoms with van der Waals surface area (Å²) in [4.78, 5) is 35.4. The number of nitrogens with zero attached hydrogens (tertiary/aromatic N) is 1. The average molecular weight is 453 g/mol. The van der Waals surface area contributed by atoms with Gasteiger partial charge in [-0.2, -0.15) is 0 Å². The van der Waals surface area contributed by atoms with Gasteiger partial charge in [-0.05, 0) is 43.2 Å². The van der Waals surface area contributed by atoms with Crippen molar-refractivity contribution in [1.29, 1.82) is 0 Å². The Hall–Kier alpha value is -4.19. The van der Waals surface area contributed by atoms with Crippen LogP contribution in [-0.2, 0) is 19.1 Å². The SMILES string of the molecule is CCOC(=O)[C@]1([C@H](c2ccccc2)c2[nH]c3ccccc3c2C)N=C(c2ccccc2)OC1=O. The number of para-hydroxylation sites is 1. The number of aryl methyl sites for hydroxylation is 1. The number of fused-ring (bicyclic) bond motifs is 1. The molecule has 2 atom stereocenters. The van der Waals surface area contributed by atoms with E-state index in [9.17, 15) is 9.59 Å². The molecule has 0 saturated heterocycles. The number of cyclic esters (lactones) is 1. The number of aromatic nitrogens is 1. The molecule has 3 aromatic carbocycles. The summed E-state index contributed by atoms with van der Waals surface area (Å²) in [5, 5.41) is 1.01. The van der Waals surface area contributed by atoms with Crippen LogP contribution in [0, 0.1) is 6.92 Å². The summed E-state index contributed by atoms with van der Waals surface area (Å²) in [7, 11) is 0. The van der Waals surface area contributed by atoms with Gasteiger partial charge in [0, 0.05) is 22.2 Å². The van der Waals surface area contributed by atoms with Crippen LogP contribution < -0.4 is 0 Å². The van der Waals surface area contributed by atoms with Crippen molar-refractivity contribution in [3.63, 3.8) is 0 Å². The van der Waals surface area contributed by atoms with Crippen LogP contribution in [0.2, 0.25) is 0 Å². The number of H-pyrrole nitrogens is 1. The summed E-state index contributed by atoms with van der Waals surface area (Å²) in [6.45, 7) is 3.79. The first-order valence-corrected chi connectivity index (χ1v) is 11.2. The van der Waals surface area contributed by atoms with Gasteiger partial charge < -0.3 is 14.5 Å². The number of hydrogen-bond donors (Lipinski definition) is 1. The number of carbonyl (C=O) groups is 2. The molecule has 1 aliphatic rings. The summed E-state index contributed by atoms with van der Waals surface area (Å²) in [5.74, 6) is -2.17. The minimum absolute atomic E-state index is 0.105. The van der Waals surface area contributed by atoms with Crippen molar-refractivity contribution in [3.05, 3.63) is 107 Å². The smallest absolute Gasteiger partial charge is 0.353 e. The molecular weight excluding hydrogens is 428 g/mol. The molecule has 1 aromatic heterocycles. The summed E-state index contributed by atoms with van der Waals surface area (Å²) < 4.78 is 11.1. The van der Waals surface area contributed by atoms with Crippen LogP contribution in [0.1, 0.15) is 35.2 Å². The van der Waals surface area contributed by atoms with Crippen molar-refractivity contribution in [1.82, 2.24) is 4.98 Å². The van der Waals surface area contributed by atoms with E-state index in [1.165, 1.54) is 0 Å². The van der Waals surface area contributed by atoms with E-state index in [0.717, 1.165) is 27.7 Å². The Bertz CT molecular complexity index is 1390. The molecule has 2 heterocycles. The number of aliphatic imine (C=N–C) groups is 1. The predicted molar refractivity (Wildman–Crippen MR) is 130 cm³/mol. The Morgan fingerprint density at radius 1 is 1.00 bits per heavy atom. The van der Waals surface area contributed by atoms with Gasteiger partial charge in [-0.3, -0.25) is 0 Å². The number of esters is 2. The number of rotatable bonds is 6.